The number of nitrogens with zero attached hydrogens (tertiary/aromatic N) is 5. The van der Waals surface area contributed by atoms with Crippen LogP contribution in [0.2, 0.25) is 0 Å². The first kappa shape index (κ1) is 40.7. The predicted octanol–water partition coefficient (Wildman–Crippen LogP) is 3.81. The van der Waals surface area contributed by atoms with Crippen molar-refractivity contribution in [2.24, 2.45) is 11.1 Å². The van der Waals surface area contributed by atoms with E-state index in [4.69, 9.17) is 15.3 Å². The number of oxime groups is 1. The Morgan fingerprint density at radius 2 is 1.79 bits per heavy atom. The van der Waals surface area contributed by atoms with E-state index in [-0.39, 0.29) is 41.0 Å². The third-order valence-corrected chi connectivity index (χ3v) is 11.3. The number of carboxylic acids is 1. The van der Waals surface area contributed by atoms with Gasteiger partial charge in [0.05, 0.1) is 17.2 Å². The highest BCUT2D eigenvalue weighted by atomic mass is 32.2. The minimum Gasteiger partial charge on any atom is -0.543 e. The number of carboxylic acid groups (broad SMARTS) is 1. The Kier molecular flexibility index (Phi) is 15.4. The number of nitrogen functional groups attached to an aromatic ring is 1. The fourth-order valence-corrected chi connectivity index (χ4v) is 8.50. The first-order chi connectivity index (χ1) is 25.0. The fourth-order valence-electron chi connectivity index (χ4n) is 6.59. The van der Waals surface area contributed by atoms with Crippen molar-refractivity contribution in [1.29, 1.82) is 0 Å². The largest absolute Gasteiger partial charge is 0.543 e. The summed E-state index contributed by atoms with van der Waals surface area (Å²) in [5.74, 6) is -2.71. The number of aliphatic carboxylic acids is 1. The number of pyridine rings is 1. The van der Waals surface area contributed by atoms with Crippen LogP contribution in [0.3, 0.4) is 0 Å². The Hall–Kier alpha value is -4.05. The summed E-state index contributed by atoms with van der Waals surface area (Å²) >= 11 is 2.09. The molecule has 3 N–H and O–H groups in total. The lowest BCUT2D eigenvalue weighted by molar-refractivity contribution is -0.789. The van der Waals surface area contributed by atoms with Crippen LogP contribution in [-0.4, -0.2) is 67.5 Å². The van der Waals surface area contributed by atoms with Gasteiger partial charge in [0.1, 0.15) is 18.0 Å². The number of unbranched alkanes of at least 4 members (excludes halogenated alkanes) is 6. The Morgan fingerprint density at radius 1 is 1.10 bits per heavy atom. The summed E-state index contributed by atoms with van der Waals surface area (Å²) in [6.07, 6.45) is 16.0. The highest BCUT2D eigenvalue weighted by Gasteiger charge is 2.57. The lowest BCUT2D eigenvalue weighted by Crippen LogP contribution is -2.73. The molecule has 4 heterocycles. The number of hydrogen-bond donors (Lipinski definition) is 2. The van der Waals surface area contributed by atoms with Crippen molar-refractivity contribution >= 4 is 57.9 Å². The quantitative estimate of drug-likeness (QED) is 0.0443. The molecule has 0 spiro atoms. The van der Waals surface area contributed by atoms with Crippen LogP contribution in [0.25, 0.3) is 0 Å². The van der Waals surface area contributed by atoms with E-state index in [0.717, 1.165) is 41.6 Å². The van der Waals surface area contributed by atoms with Crippen molar-refractivity contribution in [3.8, 4) is 0 Å². The number of anilines is 1. The molecule has 4 rings (SSSR count). The summed E-state index contributed by atoms with van der Waals surface area (Å²) in [6, 6.07) is 4.17. The number of thioether (sulfide) groups is 1. The number of carbonyl (C=O) groups is 4. The normalized spacial score (nSPS) is 19.0. The maximum atomic E-state index is 13.5. The molecule has 2 aromatic heterocycles. The Morgan fingerprint density at radius 3 is 2.40 bits per heavy atom. The zero-order valence-electron chi connectivity index (χ0n) is 30.5. The maximum Gasteiger partial charge on any atom is 0.337 e. The van der Waals surface area contributed by atoms with Gasteiger partial charge in [-0.25, -0.2) is 0 Å². The van der Waals surface area contributed by atoms with Gasteiger partial charge in [0.2, 0.25) is 11.5 Å². The predicted molar refractivity (Wildman–Crippen MR) is 196 cm³/mol. The molecule has 2 aliphatic heterocycles. The second-order valence-corrected chi connectivity index (χ2v) is 15.0. The molecule has 14 nitrogen and oxygen atoms in total. The van der Waals surface area contributed by atoms with Gasteiger partial charge in [-0.15, -0.1) is 11.8 Å². The fraction of sp³-hybridized carbons (Fsp3) is 0.611. The van der Waals surface area contributed by atoms with Crippen LogP contribution in [0.5, 0.6) is 0 Å². The topological polar surface area (TPSA) is 193 Å². The zero-order valence-corrected chi connectivity index (χ0v) is 32.1. The van der Waals surface area contributed by atoms with E-state index >= 15 is 0 Å². The summed E-state index contributed by atoms with van der Waals surface area (Å²) in [5, 5.41) is 18.5. The van der Waals surface area contributed by atoms with E-state index in [9.17, 15) is 24.3 Å². The number of nitrogens with one attached hydrogen (secondary N) is 1. The summed E-state index contributed by atoms with van der Waals surface area (Å²) in [4.78, 5) is 63.0. The first-order valence-corrected chi connectivity index (χ1v) is 20.1. The third-order valence-electron chi connectivity index (χ3n) is 9.45. The molecule has 2 amide bonds. The summed E-state index contributed by atoms with van der Waals surface area (Å²) in [7, 11) is 0. The number of rotatable bonds is 22. The van der Waals surface area contributed by atoms with E-state index in [2.05, 4.69) is 33.7 Å². The number of nitrogens with two attached hydrogens (primary N) is 1. The van der Waals surface area contributed by atoms with Crippen LogP contribution < -0.4 is 20.7 Å². The van der Waals surface area contributed by atoms with Crippen molar-refractivity contribution in [1.82, 2.24) is 19.6 Å². The van der Waals surface area contributed by atoms with Crippen molar-refractivity contribution < 1.29 is 38.4 Å². The number of carbonyl (C=O) groups excluding carboxylic acids is 4. The minimum absolute atomic E-state index is 0.0668. The highest BCUT2D eigenvalue weighted by molar-refractivity contribution is 8.00. The molecule has 1 saturated heterocycles. The minimum atomic E-state index is -1.60. The monoisotopic (exact) mass is 757 g/mol. The average Bonchev–Trinajstić information content (AvgIpc) is 3.57. The molecule has 2 aliphatic rings. The second-order valence-electron chi connectivity index (χ2n) is 13.1. The zero-order chi connectivity index (χ0) is 37.7. The average molecular weight is 758 g/mol. The molecule has 284 valence electrons. The standard InChI is InChI=1S/C36H51N7O7S2/c1-5-18-24(6-2)19-14-11-9-8-10-12-15-20-26(44)50-36(4,42-21-16-13-17-22-42)25-23-51-33-28(32(46)43(33)29(25)34(47)48)38-31(45)27(40-49-7-3)30-39-35(37)52-41-30/h13,16-17,21-22,24,28,33H,5-12,14-15,18-20,23H2,1-4H3,(H3-,37,38,39,41,45,47,48)/b40-27-/t24?,28?,33-,36?/m1/s1. The summed E-state index contributed by atoms with van der Waals surface area (Å²) in [5.41, 5.74) is 3.61. The van der Waals surface area contributed by atoms with Crippen LogP contribution in [0.1, 0.15) is 111 Å². The number of hydrogen-bond acceptors (Lipinski definition) is 13. The van der Waals surface area contributed by atoms with Crippen molar-refractivity contribution in [3.05, 3.63) is 47.7 Å². The lowest BCUT2D eigenvalue weighted by atomic mass is 9.94. The van der Waals surface area contributed by atoms with Crippen LogP contribution in [0, 0.1) is 5.92 Å². The van der Waals surface area contributed by atoms with Gasteiger partial charge in [-0.1, -0.05) is 89.3 Å². The Labute approximate surface area is 313 Å². The molecule has 0 aliphatic carbocycles. The molecule has 0 bridgehead atoms. The number of aromatic nitrogens is 3. The highest BCUT2D eigenvalue weighted by Crippen LogP contribution is 2.44. The number of fused-ring (bicyclic) bond motifs is 1. The van der Waals surface area contributed by atoms with Gasteiger partial charge >= 0.3 is 11.7 Å². The molecule has 16 heteroatoms. The number of ether oxygens (including phenoxy) is 1. The lowest BCUT2D eigenvalue weighted by Gasteiger charge is -2.51. The van der Waals surface area contributed by atoms with Crippen LogP contribution >= 0.6 is 23.3 Å². The van der Waals surface area contributed by atoms with Crippen LogP contribution in [-0.2, 0) is 34.5 Å². The smallest absolute Gasteiger partial charge is 0.337 e. The maximum absolute atomic E-state index is 13.5. The van der Waals surface area contributed by atoms with Gasteiger partial charge in [0.15, 0.2) is 17.5 Å². The van der Waals surface area contributed by atoms with Crippen LogP contribution in [0.15, 0.2) is 47.0 Å². The van der Waals surface area contributed by atoms with E-state index < -0.39 is 46.6 Å². The Balaban J connectivity index is 1.41. The van der Waals surface area contributed by atoms with E-state index in [0.29, 0.717) is 6.42 Å². The number of esters is 1. The first-order valence-electron chi connectivity index (χ1n) is 18.2. The van der Waals surface area contributed by atoms with Crippen LogP contribution in [0.4, 0.5) is 5.13 Å². The molecule has 4 atom stereocenters. The van der Waals surface area contributed by atoms with Gasteiger partial charge in [-0.05, 0) is 19.3 Å². The van der Waals surface area contributed by atoms with Crippen molar-refractivity contribution in [3.63, 3.8) is 0 Å². The van der Waals surface area contributed by atoms with Gasteiger partial charge in [0.25, 0.3) is 11.8 Å². The third kappa shape index (κ3) is 10.1. The number of β-lactam (4-membered cyclic amide) rings is 1. The van der Waals surface area contributed by atoms with Gasteiger partial charge in [-0.3, -0.25) is 19.3 Å². The van der Waals surface area contributed by atoms with E-state index in [1.807, 2.05) is 0 Å². The molecular formula is C36H51N7O7S2. The molecule has 3 unspecified atom stereocenters. The number of amides is 2. The van der Waals surface area contributed by atoms with E-state index in [1.54, 1.807) is 49.0 Å². The molecule has 0 radical (unpaired) electrons. The van der Waals surface area contributed by atoms with Gasteiger partial charge in [0, 0.05) is 42.8 Å². The molecule has 1 fully saturated rings. The van der Waals surface area contributed by atoms with Gasteiger partial charge in [-0.2, -0.15) is 13.9 Å². The summed E-state index contributed by atoms with van der Waals surface area (Å²) in [6.45, 7) is 7.98. The Bertz CT molecular complexity index is 1600. The molecule has 2 aromatic rings. The summed E-state index contributed by atoms with van der Waals surface area (Å²) < 4.78 is 11.7. The SMILES string of the molecule is CCCC(CC)CCCCCCCCCC(=O)OC(C)(C1=C(C(=O)[O-])N2C(=O)C(NC(=O)/C(=N\OCC)c3nsc(N)n3)[C@H]2SC1)[n+]1ccccc1. The molecule has 0 aromatic carbocycles. The van der Waals surface area contributed by atoms with Crippen molar-refractivity contribution in [2.75, 3.05) is 18.1 Å². The van der Waals surface area contributed by atoms with Crippen molar-refractivity contribution in [2.45, 2.75) is 122 Å². The molecule has 52 heavy (non-hydrogen) atoms. The van der Waals surface area contributed by atoms with E-state index in [1.165, 1.54) is 56.7 Å². The second kappa shape index (κ2) is 19.7. The molecular weight excluding hydrogens is 707 g/mol. The molecule has 0 saturated carbocycles. The van der Waals surface area contributed by atoms with Gasteiger partial charge < -0.3 is 30.5 Å².